The Balaban J connectivity index is 1.49. The van der Waals surface area contributed by atoms with Crippen LogP contribution < -0.4 is 5.32 Å². The van der Waals surface area contributed by atoms with Crippen LogP contribution >= 0.6 is 0 Å². The molecule has 4 aromatic carbocycles. The molecule has 0 bridgehead atoms. The van der Waals surface area contributed by atoms with Crippen LogP contribution in [0.2, 0.25) is 0 Å². The molecule has 0 saturated carbocycles. The summed E-state index contributed by atoms with van der Waals surface area (Å²) in [4.78, 5) is 0. The molecular formula is C31H31N. The Morgan fingerprint density at radius 1 is 0.562 bits per heavy atom. The number of anilines is 2. The zero-order chi connectivity index (χ0) is 22.3. The van der Waals surface area contributed by atoms with Crippen LogP contribution in [0.15, 0.2) is 84.9 Å². The molecule has 0 saturated heterocycles. The number of rotatable bonds is 5. The Bertz CT molecular complexity index is 1300. The summed E-state index contributed by atoms with van der Waals surface area (Å²) in [6, 6.07) is 31.2. The molecule has 0 fully saturated rings. The molecule has 1 aliphatic rings. The van der Waals surface area contributed by atoms with E-state index in [0.717, 1.165) is 24.2 Å². The Kier molecular flexibility index (Phi) is 5.13. The number of nitrogens with one attached hydrogen (secondary N) is 1. The highest BCUT2D eigenvalue weighted by molar-refractivity contribution is 5.83. The summed E-state index contributed by atoms with van der Waals surface area (Å²) in [6.07, 6.45) is 2.06. The lowest BCUT2D eigenvalue weighted by Gasteiger charge is -2.22. The van der Waals surface area contributed by atoms with Gasteiger partial charge in [-0.15, -0.1) is 0 Å². The summed E-state index contributed by atoms with van der Waals surface area (Å²) in [5, 5.41) is 3.68. The topological polar surface area (TPSA) is 12.0 Å². The van der Waals surface area contributed by atoms with E-state index < -0.39 is 0 Å². The molecule has 1 nitrogen and oxygen atoms in total. The molecule has 0 radical (unpaired) electrons. The minimum absolute atomic E-state index is 0.0198. The van der Waals surface area contributed by atoms with Crippen molar-refractivity contribution in [2.45, 2.75) is 46.0 Å². The number of benzene rings is 4. The first-order valence-corrected chi connectivity index (χ1v) is 11.8. The molecule has 0 amide bonds. The second-order valence-corrected chi connectivity index (χ2v) is 9.29. The van der Waals surface area contributed by atoms with E-state index in [9.17, 15) is 0 Å². The van der Waals surface area contributed by atoms with Crippen molar-refractivity contribution < 1.29 is 0 Å². The molecule has 0 heterocycles. The van der Waals surface area contributed by atoms with Gasteiger partial charge in [-0.25, -0.2) is 0 Å². The SMILES string of the molecule is CCc1ccccc1-c1ccc(Nc2ccc3c(c2)C(C)(C)c2ccccc2-3)cc1CC. The van der Waals surface area contributed by atoms with Crippen molar-refractivity contribution in [1.82, 2.24) is 0 Å². The predicted molar refractivity (Wildman–Crippen MR) is 138 cm³/mol. The monoisotopic (exact) mass is 417 g/mol. The highest BCUT2D eigenvalue weighted by atomic mass is 14.9. The summed E-state index contributed by atoms with van der Waals surface area (Å²) in [5.74, 6) is 0. The van der Waals surface area contributed by atoms with Crippen molar-refractivity contribution >= 4 is 11.4 Å². The molecule has 32 heavy (non-hydrogen) atoms. The summed E-state index contributed by atoms with van der Waals surface area (Å²) in [5.41, 5.74) is 13.3. The van der Waals surface area contributed by atoms with Gasteiger partial charge in [-0.3, -0.25) is 0 Å². The van der Waals surface area contributed by atoms with Gasteiger partial charge in [0, 0.05) is 16.8 Å². The maximum atomic E-state index is 3.68. The third-order valence-corrected chi connectivity index (χ3v) is 7.05. The highest BCUT2D eigenvalue weighted by Gasteiger charge is 2.35. The predicted octanol–water partition coefficient (Wildman–Crippen LogP) is 8.53. The number of hydrogen-bond acceptors (Lipinski definition) is 1. The quantitative estimate of drug-likeness (QED) is 0.343. The van der Waals surface area contributed by atoms with Crippen LogP contribution in [0.3, 0.4) is 0 Å². The summed E-state index contributed by atoms with van der Waals surface area (Å²) in [7, 11) is 0. The van der Waals surface area contributed by atoms with E-state index in [1.54, 1.807) is 0 Å². The minimum Gasteiger partial charge on any atom is -0.356 e. The van der Waals surface area contributed by atoms with Gasteiger partial charge in [0.2, 0.25) is 0 Å². The Labute approximate surface area is 192 Å². The largest absolute Gasteiger partial charge is 0.356 e. The van der Waals surface area contributed by atoms with Crippen molar-refractivity contribution in [2.75, 3.05) is 5.32 Å². The van der Waals surface area contributed by atoms with E-state index in [4.69, 9.17) is 0 Å². The average molecular weight is 418 g/mol. The van der Waals surface area contributed by atoms with Crippen molar-refractivity contribution in [3.05, 3.63) is 107 Å². The van der Waals surface area contributed by atoms with E-state index >= 15 is 0 Å². The third-order valence-electron chi connectivity index (χ3n) is 7.05. The van der Waals surface area contributed by atoms with Gasteiger partial charge >= 0.3 is 0 Å². The maximum absolute atomic E-state index is 3.68. The normalized spacial score (nSPS) is 13.5. The maximum Gasteiger partial charge on any atom is 0.0387 e. The van der Waals surface area contributed by atoms with Crippen LogP contribution in [-0.4, -0.2) is 0 Å². The van der Waals surface area contributed by atoms with Crippen LogP contribution in [0.1, 0.15) is 49.9 Å². The number of fused-ring (bicyclic) bond motifs is 3. The first-order chi connectivity index (χ1) is 15.5. The summed E-state index contributed by atoms with van der Waals surface area (Å²) < 4.78 is 0. The zero-order valence-electron chi connectivity index (χ0n) is 19.5. The highest BCUT2D eigenvalue weighted by Crippen LogP contribution is 2.49. The Morgan fingerprint density at radius 3 is 1.88 bits per heavy atom. The van der Waals surface area contributed by atoms with Gasteiger partial charge < -0.3 is 5.32 Å². The van der Waals surface area contributed by atoms with Gasteiger partial charge in [0.15, 0.2) is 0 Å². The van der Waals surface area contributed by atoms with E-state index in [1.165, 1.54) is 44.5 Å². The molecule has 0 spiro atoms. The van der Waals surface area contributed by atoms with Crippen molar-refractivity contribution in [3.63, 3.8) is 0 Å². The van der Waals surface area contributed by atoms with Gasteiger partial charge in [-0.05, 0) is 81.6 Å². The van der Waals surface area contributed by atoms with E-state index in [1.807, 2.05) is 0 Å². The zero-order valence-corrected chi connectivity index (χ0v) is 19.5. The van der Waals surface area contributed by atoms with Gasteiger partial charge in [0.1, 0.15) is 0 Å². The fourth-order valence-electron chi connectivity index (χ4n) is 5.27. The van der Waals surface area contributed by atoms with Crippen molar-refractivity contribution in [2.24, 2.45) is 0 Å². The molecule has 0 aromatic heterocycles. The minimum atomic E-state index is 0.0198. The van der Waals surface area contributed by atoms with Gasteiger partial charge in [0.05, 0.1) is 0 Å². The van der Waals surface area contributed by atoms with E-state index in [2.05, 4.69) is 118 Å². The molecular weight excluding hydrogens is 386 g/mol. The smallest absolute Gasteiger partial charge is 0.0387 e. The van der Waals surface area contributed by atoms with Crippen LogP contribution in [-0.2, 0) is 18.3 Å². The molecule has 1 heteroatoms. The third kappa shape index (κ3) is 3.33. The van der Waals surface area contributed by atoms with Gasteiger partial charge in [-0.2, -0.15) is 0 Å². The second kappa shape index (κ2) is 7.98. The Hall–Kier alpha value is -3.32. The molecule has 160 valence electrons. The fourth-order valence-corrected chi connectivity index (χ4v) is 5.27. The van der Waals surface area contributed by atoms with E-state index in [-0.39, 0.29) is 5.41 Å². The number of hydrogen-bond donors (Lipinski definition) is 1. The molecule has 0 atom stereocenters. The van der Waals surface area contributed by atoms with Crippen LogP contribution in [0, 0.1) is 0 Å². The lowest BCUT2D eigenvalue weighted by Crippen LogP contribution is -2.15. The lowest BCUT2D eigenvalue weighted by atomic mass is 9.82. The standard InChI is InChI=1S/C31H31N/c1-5-21-11-7-8-12-25(21)26-17-15-23(19-22(26)6-2)32-24-16-18-28-27-13-9-10-14-29(27)31(3,4)30(28)20-24/h7-20,32H,5-6H2,1-4H3. The summed E-state index contributed by atoms with van der Waals surface area (Å²) >= 11 is 0. The number of aryl methyl sites for hydroxylation is 2. The molecule has 1 aliphatic carbocycles. The second-order valence-electron chi connectivity index (χ2n) is 9.29. The molecule has 5 rings (SSSR count). The fraction of sp³-hybridized carbons (Fsp3) is 0.226. The van der Waals surface area contributed by atoms with Crippen LogP contribution in [0.4, 0.5) is 11.4 Å². The first kappa shape index (κ1) is 20.6. The van der Waals surface area contributed by atoms with Gasteiger partial charge in [-0.1, -0.05) is 88.4 Å². The molecule has 0 aliphatic heterocycles. The van der Waals surface area contributed by atoms with Crippen LogP contribution in [0.5, 0.6) is 0 Å². The van der Waals surface area contributed by atoms with Crippen LogP contribution in [0.25, 0.3) is 22.3 Å². The summed E-state index contributed by atoms with van der Waals surface area (Å²) in [6.45, 7) is 9.13. The van der Waals surface area contributed by atoms with Crippen molar-refractivity contribution in [3.8, 4) is 22.3 Å². The Morgan fingerprint density at radius 2 is 1.12 bits per heavy atom. The average Bonchev–Trinajstić information content (AvgIpc) is 3.06. The molecule has 4 aromatic rings. The van der Waals surface area contributed by atoms with E-state index in [0.29, 0.717) is 0 Å². The molecule has 0 unspecified atom stereocenters. The molecule has 1 N–H and O–H groups in total. The lowest BCUT2D eigenvalue weighted by molar-refractivity contribution is 0.660. The van der Waals surface area contributed by atoms with Gasteiger partial charge in [0.25, 0.3) is 0 Å². The first-order valence-electron chi connectivity index (χ1n) is 11.8. The van der Waals surface area contributed by atoms with Crippen molar-refractivity contribution in [1.29, 1.82) is 0 Å².